The number of esters is 1. The normalized spacial score (nSPS) is 15.2. The zero-order valence-electron chi connectivity index (χ0n) is 12.1. The molecule has 112 valence electrons. The molecule has 0 radical (unpaired) electrons. The molecule has 0 rings (SSSR count). The maximum atomic E-state index is 12.2. The van der Waals surface area contributed by atoms with Crippen molar-refractivity contribution in [2.45, 2.75) is 32.7 Å². The van der Waals surface area contributed by atoms with E-state index in [1.807, 2.05) is 6.92 Å². The Hall–Kier alpha value is -1.03. The van der Waals surface area contributed by atoms with Crippen LogP contribution < -0.4 is 5.32 Å². The molecule has 19 heavy (non-hydrogen) atoms. The molecule has 0 heterocycles. The maximum Gasteiger partial charge on any atom is 0.407 e. The summed E-state index contributed by atoms with van der Waals surface area (Å²) in [6.07, 6.45) is 1.47. The van der Waals surface area contributed by atoms with Crippen molar-refractivity contribution in [2.24, 2.45) is 0 Å². The van der Waals surface area contributed by atoms with Crippen LogP contribution in [0, 0.1) is 0 Å². The summed E-state index contributed by atoms with van der Waals surface area (Å²) in [6.45, 7) is 5.61. The van der Waals surface area contributed by atoms with Crippen LogP contribution in [0.25, 0.3) is 0 Å². The van der Waals surface area contributed by atoms with Gasteiger partial charge in [0.25, 0.3) is 0 Å². The van der Waals surface area contributed by atoms with E-state index in [9.17, 15) is 14.2 Å². The number of amides is 1. The second kappa shape index (κ2) is 8.97. The van der Waals surface area contributed by atoms with Crippen LogP contribution in [0.4, 0.5) is 4.79 Å². The minimum Gasteiger partial charge on any atom is -0.464 e. The number of rotatable bonds is 8. The van der Waals surface area contributed by atoms with Gasteiger partial charge >= 0.3 is 12.1 Å². The van der Waals surface area contributed by atoms with E-state index >= 15 is 0 Å². The van der Waals surface area contributed by atoms with Crippen LogP contribution in [0.5, 0.6) is 0 Å². The highest BCUT2D eigenvalue weighted by atomic mass is 31.2. The van der Waals surface area contributed by atoms with Crippen molar-refractivity contribution in [3.63, 3.8) is 0 Å². The Morgan fingerprint density at radius 1 is 1.26 bits per heavy atom. The highest BCUT2D eigenvalue weighted by molar-refractivity contribution is 7.63. The van der Waals surface area contributed by atoms with E-state index in [-0.39, 0.29) is 6.61 Å². The number of carbonyl (C=O) groups excluding carboxylic acids is 2. The molecule has 0 aliphatic heterocycles. The van der Waals surface area contributed by atoms with Gasteiger partial charge in [-0.15, -0.1) is 0 Å². The Morgan fingerprint density at radius 3 is 2.37 bits per heavy atom. The summed E-state index contributed by atoms with van der Waals surface area (Å²) in [5.74, 6) is -0.524. The Kier molecular flexibility index (Phi) is 8.48. The number of nitrogens with one attached hydrogen (secondary N) is 1. The lowest BCUT2D eigenvalue weighted by atomic mass is 10.2. The Labute approximate surface area is 114 Å². The molecule has 0 bridgehead atoms. The highest BCUT2D eigenvalue weighted by Crippen LogP contribution is 2.42. The van der Waals surface area contributed by atoms with Crippen molar-refractivity contribution in [3.8, 4) is 0 Å². The number of hydrogen-bond acceptors (Lipinski definition) is 5. The first kappa shape index (κ1) is 18.0. The monoisotopic (exact) mass is 293 g/mol. The van der Waals surface area contributed by atoms with Crippen LogP contribution in [-0.4, -0.2) is 50.8 Å². The van der Waals surface area contributed by atoms with E-state index in [0.717, 1.165) is 6.42 Å². The molecule has 0 spiro atoms. The van der Waals surface area contributed by atoms with Gasteiger partial charge in [0.1, 0.15) is 6.04 Å². The van der Waals surface area contributed by atoms with Crippen LogP contribution in [0.1, 0.15) is 26.7 Å². The molecule has 0 aromatic rings. The fraction of sp³-hybridized carbons (Fsp3) is 0.833. The molecule has 0 aromatic carbocycles. The first-order chi connectivity index (χ1) is 8.86. The number of hydrogen-bond donors (Lipinski definition) is 1. The molecule has 7 heteroatoms. The van der Waals surface area contributed by atoms with Crippen LogP contribution in [0.15, 0.2) is 0 Å². The lowest BCUT2D eigenvalue weighted by Gasteiger charge is -2.18. The van der Waals surface area contributed by atoms with Gasteiger partial charge in [-0.1, -0.05) is 6.92 Å². The van der Waals surface area contributed by atoms with Crippen molar-refractivity contribution in [1.29, 1.82) is 0 Å². The van der Waals surface area contributed by atoms with E-state index < -0.39 is 25.2 Å². The van der Waals surface area contributed by atoms with Crippen molar-refractivity contribution in [2.75, 3.05) is 32.7 Å². The van der Waals surface area contributed by atoms with Crippen LogP contribution in [0.3, 0.4) is 0 Å². The summed E-state index contributed by atoms with van der Waals surface area (Å²) in [7, 11) is -1.04. The molecule has 1 N–H and O–H groups in total. The van der Waals surface area contributed by atoms with Gasteiger partial charge in [-0.2, -0.15) is 0 Å². The second-order valence-electron chi connectivity index (χ2n) is 4.47. The third-order valence-corrected chi connectivity index (χ3v) is 5.23. The topological polar surface area (TPSA) is 81.7 Å². The van der Waals surface area contributed by atoms with Crippen molar-refractivity contribution >= 4 is 19.2 Å². The molecule has 0 saturated heterocycles. The molecule has 0 aromatic heterocycles. The summed E-state index contributed by atoms with van der Waals surface area (Å²) >= 11 is 0. The minimum atomic E-state index is -2.26. The van der Waals surface area contributed by atoms with Crippen LogP contribution in [0.2, 0.25) is 0 Å². The summed E-state index contributed by atoms with van der Waals surface area (Å²) in [6, 6.07) is -0.808. The molecule has 1 amide bonds. The predicted molar refractivity (Wildman–Crippen MR) is 74.1 cm³/mol. The highest BCUT2D eigenvalue weighted by Gasteiger charge is 2.25. The predicted octanol–water partition coefficient (Wildman–Crippen LogP) is 2.07. The summed E-state index contributed by atoms with van der Waals surface area (Å²) in [5, 5.41) is 2.41. The molecule has 0 saturated carbocycles. The van der Waals surface area contributed by atoms with Gasteiger partial charge < -0.3 is 19.4 Å². The van der Waals surface area contributed by atoms with E-state index in [2.05, 4.69) is 10.1 Å². The number of alkyl carbamates (subject to hydrolysis) is 1. The van der Waals surface area contributed by atoms with Gasteiger partial charge in [0.05, 0.1) is 20.9 Å². The Morgan fingerprint density at radius 2 is 1.89 bits per heavy atom. The first-order valence-electron chi connectivity index (χ1n) is 6.43. The fourth-order valence-electron chi connectivity index (χ4n) is 1.68. The SMILES string of the molecule is CCCP(C)(=O)CC[C@H](NC(=O)OC)C(=O)OCC. The molecule has 0 aliphatic rings. The first-order valence-corrected chi connectivity index (χ1v) is 8.95. The third-order valence-electron chi connectivity index (χ3n) is 2.64. The smallest absolute Gasteiger partial charge is 0.407 e. The molecule has 6 nitrogen and oxygen atoms in total. The Balaban J connectivity index is 4.54. The number of methoxy groups -OCH3 is 1. The average Bonchev–Trinajstić information content (AvgIpc) is 2.34. The number of carbonyl (C=O) groups is 2. The van der Waals surface area contributed by atoms with Gasteiger partial charge in [0.2, 0.25) is 0 Å². The standard InChI is InChI=1S/C12H24NO5P/c1-5-8-19(4,16)9-7-10(11(14)18-6-2)13-12(15)17-3/h10H,5-9H2,1-4H3,(H,13,15)/t10-,19?/m0/s1. The van der Waals surface area contributed by atoms with E-state index in [1.54, 1.807) is 13.6 Å². The average molecular weight is 293 g/mol. The third kappa shape index (κ3) is 7.88. The van der Waals surface area contributed by atoms with Crippen molar-refractivity contribution < 1.29 is 23.6 Å². The second-order valence-corrected chi connectivity index (χ2v) is 7.96. The fourth-order valence-corrected chi connectivity index (χ4v) is 3.65. The molecule has 0 fully saturated rings. The van der Waals surface area contributed by atoms with E-state index in [0.29, 0.717) is 18.7 Å². The zero-order chi connectivity index (χ0) is 14.9. The van der Waals surface area contributed by atoms with Gasteiger partial charge in [-0.05, 0) is 26.4 Å². The van der Waals surface area contributed by atoms with Gasteiger partial charge in [-0.3, -0.25) is 0 Å². The summed E-state index contributed by atoms with van der Waals surface area (Å²) in [5.41, 5.74) is 0. The van der Waals surface area contributed by atoms with Crippen LogP contribution in [-0.2, 0) is 18.8 Å². The van der Waals surface area contributed by atoms with Crippen molar-refractivity contribution in [3.05, 3.63) is 0 Å². The zero-order valence-corrected chi connectivity index (χ0v) is 13.0. The largest absolute Gasteiger partial charge is 0.464 e. The van der Waals surface area contributed by atoms with E-state index in [4.69, 9.17) is 4.74 Å². The minimum absolute atomic E-state index is 0.233. The van der Waals surface area contributed by atoms with Gasteiger partial charge in [0, 0.05) is 12.3 Å². The van der Waals surface area contributed by atoms with Gasteiger partial charge in [-0.25, -0.2) is 9.59 Å². The molecule has 0 aliphatic carbocycles. The maximum absolute atomic E-state index is 12.2. The molecule has 1 unspecified atom stereocenters. The van der Waals surface area contributed by atoms with E-state index in [1.165, 1.54) is 7.11 Å². The summed E-state index contributed by atoms with van der Waals surface area (Å²) in [4.78, 5) is 22.9. The quantitative estimate of drug-likeness (QED) is 0.547. The lowest BCUT2D eigenvalue weighted by Crippen LogP contribution is -2.42. The van der Waals surface area contributed by atoms with Crippen LogP contribution >= 0.6 is 7.14 Å². The molecular weight excluding hydrogens is 269 g/mol. The number of ether oxygens (including phenoxy) is 2. The van der Waals surface area contributed by atoms with Gasteiger partial charge in [0.15, 0.2) is 0 Å². The summed E-state index contributed by atoms with van der Waals surface area (Å²) < 4.78 is 21.5. The Bertz CT molecular complexity index is 345. The molecule has 2 atom stereocenters. The van der Waals surface area contributed by atoms with Crippen molar-refractivity contribution in [1.82, 2.24) is 5.32 Å². The molecular formula is C12H24NO5P. The lowest BCUT2D eigenvalue weighted by molar-refractivity contribution is -0.145.